The van der Waals surface area contributed by atoms with Crippen molar-refractivity contribution in [1.29, 1.82) is 0 Å². The molecule has 1 aromatic heterocycles. The minimum atomic E-state index is -0.359. The summed E-state index contributed by atoms with van der Waals surface area (Å²) in [5.74, 6) is 0. The zero-order valence-electron chi connectivity index (χ0n) is 8.25. The summed E-state index contributed by atoms with van der Waals surface area (Å²) in [6, 6.07) is 1.95. The highest BCUT2D eigenvalue weighted by Gasteiger charge is 2.37. The van der Waals surface area contributed by atoms with Crippen molar-refractivity contribution in [2.75, 3.05) is 6.67 Å². The molecule has 3 nitrogen and oxygen atoms in total. The molecule has 0 aromatic carbocycles. The lowest BCUT2D eigenvalue weighted by atomic mass is 10.1. The molecule has 2 rings (SSSR count). The van der Waals surface area contributed by atoms with Crippen LogP contribution in [-0.4, -0.2) is 22.0 Å². The molecule has 1 heterocycles. The molecule has 4 heteroatoms. The molecule has 14 heavy (non-hydrogen) atoms. The van der Waals surface area contributed by atoms with E-state index < -0.39 is 0 Å². The molecule has 78 valence electrons. The van der Waals surface area contributed by atoms with Crippen LogP contribution in [0.4, 0.5) is 4.39 Å². The van der Waals surface area contributed by atoms with Crippen molar-refractivity contribution in [3.8, 4) is 0 Å². The fourth-order valence-electron chi connectivity index (χ4n) is 1.64. The maximum absolute atomic E-state index is 12.1. The second kappa shape index (κ2) is 3.69. The maximum atomic E-state index is 12.1. The summed E-state index contributed by atoms with van der Waals surface area (Å²) >= 11 is 0. The monoisotopic (exact) mass is 197 g/mol. The molecule has 0 unspecified atom stereocenters. The van der Waals surface area contributed by atoms with Crippen LogP contribution in [-0.2, 0) is 13.0 Å². The van der Waals surface area contributed by atoms with Gasteiger partial charge in [-0.25, -0.2) is 4.39 Å². The van der Waals surface area contributed by atoms with Crippen molar-refractivity contribution in [2.45, 2.75) is 37.8 Å². The number of alkyl halides is 1. The van der Waals surface area contributed by atoms with Crippen LogP contribution in [0.3, 0.4) is 0 Å². The Kier molecular flexibility index (Phi) is 2.54. The highest BCUT2D eigenvalue weighted by molar-refractivity contribution is 5.06. The van der Waals surface area contributed by atoms with Gasteiger partial charge < -0.3 is 5.73 Å². The van der Waals surface area contributed by atoms with Gasteiger partial charge in [-0.15, -0.1) is 0 Å². The third-order valence-electron chi connectivity index (χ3n) is 2.87. The van der Waals surface area contributed by atoms with Gasteiger partial charge in [-0.2, -0.15) is 5.10 Å². The molecule has 1 aliphatic rings. The van der Waals surface area contributed by atoms with Gasteiger partial charge >= 0.3 is 0 Å². The lowest BCUT2D eigenvalue weighted by molar-refractivity contribution is 0.417. The van der Waals surface area contributed by atoms with E-state index in [2.05, 4.69) is 5.10 Å². The molecule has 1 aliphatic carbocycles. The Morgan fingerprint density at radius 2 is 2.36 bits per heavy atom. The molecule has 0 bridgehead atoms. The van der Waals surface area contributed by atoms with Crippen molar-refractivity contribution in [3.05, 3.63) is 18.0 Å². The van der Waals surface area contributed by atoms with E-state index in [4.69, 9.17) is 5.73 Å². The van der Waals surface area contributed by atoms with Gasteiger partial charge in [0, 0.05) is 17.4 Å². The van der Waals surface area contributed by atoms with Crippen molar-refractivity contribution in [2.24, 2.45) is 5.73 Å². The third kappa shape index (κ3) is 2.12. The van der Waals surface area contributed by atoms with Gasteiger partial charge in [0.05, 0.1) is 6.54 Å². The van der Waals surface area contributed by atoms with Crippen molar-refractivity contribution < 1.29 is 4.39 Å². The summed E-state index contributed by atoms with van der Waals surface area (Å²) in [6.07, 6.45) is 5.89. The fourth-order valence-corrected chi connectivity index (χ4v) is 1.64. The van der Waals surface area contributed by atoms with Gasteiger partial charge in [-0.1, -0.05) is 0 Å². The maximum Gasteiger partial charge on any atom is 0.109 e. The van der Waals surface area contributed by atoms with Crippen molar-refractivity contribution >= 4 is 0 Å². The first-order valence-corrected chi connectivity index (χ1v) is 5.09. The summed E-state index contributed by atoms with van der Waals surface area (Å²) in [5.41, 5.74) is 7.15. The molecular formula is C10H16FN3. The first-order chi connectivity index (χ1) is 6.73. The van der Waals surface area contributed by atoms with E-state index in [1.54, 1.807) is 10.9 Å². The molecule has 1 aromatic rings. The topological polar surface area (TPSA) is 43.8 Å². The molecule has 0 amide bonds. The molecular weight excluding hydrogens is 181 g/mol. The predicted octanol–water partition coefficient (Wildman–Crippen LogP) is 1.28. The molecule has 0 saturated heterocycles. The minimum Gasteiger partial charge on any atom is -0.325 e. The largest absolute Gasteiger partial charge is 0.325 e. The number of rotatable bonds is 5. The number of halogens is 1. The number of aromatic nitrogens is 2. The van der Waals surface area contributed by atoms with E-state index >= 15 is 0 Å². The Bertz CT molecular complexity index is 304. The SMILES string of the molecule is NC1(CCc2ccnn2CCF)CC1. The second-order valence-corrected chi connectivity index (χ2v) is 4.10. The Morgan fingerprint density at radius 3 is 3.00 bits per heavy atom. The van der Waals surface area contributed by atoms with E-state index in [1.807, 2.05) is 6.07 Å². The highest BCUT2D eigenvalue weighted by Crippen LogP contribution is 2.36. The van der Waals surface area contributed by atoms with E-state index in [0.717, 1.165) is 31.4 Å². The quantitative estimate of drug-likeness (QED) is 0.772. The number of aryl methyl sites for hydroxylation is 2. The molecule has 2 N–H and O–H groups in total. The first kappa shape index (κ1) is 9.65. The van der Waals surface area contributed by atoms with Gasteiger partial charge in [0.25, 0.3) is 0 Å². The van der Waals surface area contributed by atoms with Crippen LogP contribution in [0, 0.1) is 0 Å². The van der Waals surface area contributed by atoms with Crippen LogP contribution < -0.4 is 5.73 Å². The van der Waals surface area contributed by atoms with Crippen LogP contribution in [0.2, 0.25) is 0 Å². The lowest BCUT2D eigenvalue weighted by Crippen LogP contribution is -2.22. The summed E-state index contributed by atoms with van der Waals surface area (Å²) in [5, 5.41) is 4.06. The summed E-state index contributed by atoms with van der Waals surface area (Å²) in [7, 11) is 0. The molecule has 0 radical (unpaired) electrons. The molecule has 1 fully saturated rings. The van der Waals surface area contributed by atoms with Gasteiger partial charge in [0.15, 0.2) is 0 Å². The van der Waals surface area contributed by atoms with Crippen LogP contribution >= 0.6 is 0 Å². The second-order valence-electron chi connectivity index (χ2n) is 4.10. The summed E-state index contributed by atoms with van der Waals surface area (Å²) in [6.45, 7) is 0.00233. The third-order valence-corrected chi connectivity index (χ3v) is 2.87. The number of hydrogen-bond donors (Lipinski definition) is 1. The van der Waals surface area contributed by atoms with E-state index in [9.17, 15) is 4.39 Å². The van der Waals surface area contributed by atoms with E-state index in [-0.39, 0.29) is 12.2 Å². The van der Waals surface area contributed by atoms with Crippen LogP contribution in [0.5, 0.6) is 0 Å². The minimum absolute atomic E-state index is 0.0742. The number of nitrogens with two attached hydrogens (primary N) is 1. The van der Waals surface area contributed by atoms with Crippen LogP contribution in [0.1, 0.15) is 25.0 Å². The van der Waals surface area contributed by atoms with Gasteiger partial charge in [0.2, 0.25) is 0 Å². The van der Waals surface area contributed by atoms with Gasteiger partial charge in [-0.05, 0) is 31.7 Å². The van der Waals surface area contributed by atoms with Gasteiger partial charge in [-0.3, -0.25) is 4.68 Å². The highest BCUT2D eigenvalue weighted by atomic mass is 19.1. The Hall–Kier alpha value is -0.900. The Labute approximate surface area is 83.1 Å². The smallest absolute Gasteiger partial charge is 0.109 e. The standard InChI is InChI=1S/C10H16FN3/c11-6-8-14-9(2-7-13-14)1-3-10(12)4-5-10/h2,7H,1,3-6,8,12H2. The zero-order chi connectivity index (χ0) is 10.0. The summed E-state index contributed by atoms with van der Waals surface area (Å²) < 4.78 is 13.9. The van der Waals surface area contributed by atoms with Gasteiger partial charge in [0.1, 0.15) is 6.67 Å². The zero-order valence-corrected chi connectivity index (χ0v) is 8.25. The normalized spacial score (nSPS) is 18.4. The number of nitrogens with zero attached hydrogens (tertiary/aromatic N) is 2. The average Bonchev–Trinajstić information content (AvgIpc) is 2.75. The van der Waals surface area contributed by atoms with E-state index in [1.165, 1.54) is 0 Å². The number of hydrogen-bond acceptors (Lipinski definition) is 2. The average molecular weight is 197 g/mol. The van der Waals surface area contributed by atoms with E-state index in [0.29, 0.717) is 6.54 Å². The van der Waals surface area contributed by atoms with Crippen LogP contribution in [0.25, 0.3) is 0 Å². The van der Waals surface area contributed by atoms with Crippen LogP contribution in [0.15, 0.2) is 12.3 Å². The molecule has 0 atom stereocenters. The first-order valence-electron chi connectivity index (χ1n) is 5.09. The Morgan fingerprint density at radius 1 is 1.57 bits per heavy atom. The lowest BCUT2D eigenvalue weighted by Gasteiger charge is -2.09. The Balaban J connectivity index is 1.91. The predicted molar refractivity (Wildman–Crippen MR) is 52.7 cm³/mol. The van der Waals surface area contributed by atoms with Crippen molar-refractivity contribution in [3.63, 3.8) is 0 Å². The molecule has 1 saturated carbocycles. The van der Waals surface area contributed by atoms with Crippen molar-refractivity contribution in [1.82, 2.24) is 9.78 Å². The molecule has 0 spiro atoms. The fraction of sp³-hybridized carbons (Fsp3) is 0.700. The molecule has 0 aliphatic heterocycles. The summed E-state index contributed by atoms with van der Waals surface area (Å²) in [4.78, 5) is 0.